The topological polar surface area (TPSA) is 76.1 Å². The Labute approximate surface area is 160 Å². The van der Waals surface area contributed by atoms with Crippen LogP contribution < -0.4 is 10.6 Å². The summed E-state index contributed by atoms with van der Waals surface area (Å²) in [6.07, 6.45) is 1.61. The van der Waals surface area contributed by atoms with E-state index in [1.165, 1.54) is 7.11 Å². The molecule has 2 aromatic carbocycles. The molecule has 3 rings (SSSR count). The second-order valence-corrected chi connectivity index (χ2v) is 6.03. The fourth-order valence-electron chi connectivity index (χ4n) is 2.18. The molecule has 0 unspecified atom stereocenters. The summed E-state index contributed by atoms with van der Waals surface area (Å²) in [6, 6.07) is 13.8. The highest BCUT2D eigenvalue weighted by molar-refractivity contribution is 6.42. The molecule has 0 saturated heterocycles. The average molecular weight is 389 g/mol. The Morgan fingerprint density at radius 3 is 2.58 bits per heavy atom. The van der Waals surface area contributed by atoms with Gasteiger partial charge in [-0.15, -0.1) is 0 Å². The van der Waals surface area contributed by atoms with Crippen molar-refractivity contribution in [1.82, 2.24) is 9.97 Å². The van der Waals surface area contributed by atoms with E-state index in [0.29, 0.717) is 33.1 Å². The van der Waals surface area contributed by atoms with Crippen LogP contribution in [0.5, 0.6) is 0 Å². The van der Waals surface area contributed by atoms with Gasteiger partial charge >= 0.3 is 5.97 Å². The summed E-state index contributed by atoms with van der Waals surface area (Å²) < 4.78 is 4.72. The lowest BCUT2D eigenvalue weighted by molar-refractivity contribution is 0.0601. The SMILES string of the molecule is COC(=O)c1cccc(Nc2nccc(Nc3ccc(Cl)c(Cl)c3)n2)c1. The van der Waals surface area contributed by atoms with Gasteiger partial charge in [0.25, 0.3) is 0 Å². The number of halogens is 2. The Morgan fingerprint density at radius 2 is 1.81 bits per heavy atom. The minimum atomic E-state index is -0.412. The van der Waals surface area contributed by atoms with Crippen LogP contribution in [0, 0.1) is 0 Å². The molecule has 8 heteroatoms. The van der Waals surface area contributed by atoms with E-state index in [1.807, 2.05) is 0 Å². The number of hydrogen-bond acceptors (Lipinski definition) is 6. The van der Waals surface area contributed by atoms with E-state index in [1.54, 1.807) is 54.7 Å². The van der Waals surface area contributed by atoms with E-state index in [9.17, 15) is 4.79 Å². The first-order valence-corrected chi connectivity index (χ1v) is 8.31. The minimum absolute atomic E-state index is 0.372. The van der Waals surface area contributed by atoms with Gasteiger partial charge in [0, 0.05) is 17.6 Å². The zero-order chi connectivity index (χ0) is 18.5. The minimum Gasteiger partial charge on any atom is -0.465 e. The van der Waals surface area contributed by atoms with Crippen molar-refractivity contribution >= 4 is 52.3 Å². The van der Waals surface area contributed by atoms with Gasteiger partial charge in [-0.05, 0) is 42.5 Å². The number of esters is 1. The largest absolute Gasteiger partial charge is 0.465 e. The lowest BCUT2D eigenvalue weighted by Crippen LogP contribution is -2.03. The summed E-state index contributed by atoms with van der Waals surface area (Å²) >= 11 is 11.9. The molecular weight excluding hydrogens is 375 g/mol. The number of anilines is 4. The van der Waals surface area contributed by atoms with Crippen LogP contribution in [0.15, 0.2) is 54.7 Å². The smallest absolute Gasteiger partial charge is 0.337 e. The van der Waals surface area contributed by atoms with Crippen molar-refractivity contribution in [2.45, 2.75) is 0 Å². The highest BCUT2D eigenvalue weighted by atomic mass is 35.5. The molecule has 0 fully saturated rings. The van der Waals surface area contributed by atoms with E-state index >= 15 is 0 Å². The van der Waals surface area contributed by atoms with Crippen LogP contribution >= 0.6 is 23.2 Å². The number of benzene rings is 2. The summed E-state index contributed by atoms with van der Waals surface area (Å²) in [5.74, 6) is 0.534. The predicted molar refractivity (Wildman–Crippen MR) is 103 cm³/mol. The third-order valence-electron chi connectivity index (χ3n) is 3.39. The predicted octanol–water partition coefficient (Wildman–Crippen LogP) is 5.06. The van der Waals surface area contributed by atoms with Crippen LogP contribution in [0.4, 0.5) is 23.1 Å². The number of carbonyl (C=O) groups excluding carboxylic acids is 1. The molecule has 1 heterocycles. The molecule has 0 spiro atoms. The van der Waals surface area contributed by atoms with Gasteiger partial charge in [0.1, 0.15) is 5.82 Å². The lowest BCUT2D eigenvalue weighted by atomic mass is 10.2. The summed E-state index contributed by atoms with van der Waals surface area (Å²) in [4.78, 5) is 20.2. The Morgan fingerprint density at radius 1 is 1.00 bits per heavy atom. The normalized spacial score (nSPS) is 10.3. The van der Waals surface area contributed by atoms with E-state index in [-0.39, 0.29) is 0 Å². The average Bonchev–Trinajstić information content (AvgIpc) is 2.64. The zero-order valence-corrected chi connectivity index (χ0v) is 15.2. The fourth-order valence-corrected chi connectivity index (χ4v) is 2.48. The van der Waals surface area contributed by atoms with Crippen molar-refractivity contribution in [1.29, 1.82) is 0 Å². The fraction of sp³-hybridized carbons (Fsp3) is 0.0556. The first-order chi connectivity index (χ1) is 12.5. The summed E-state index contributed by atoms with van der Waals surface area (Å²) in [5, 5.41) is 7.11. The molecular formula is C18H14Cl2N4O2. The first-order valence-electron chi connectivity index (χ1n) is 7.55. The van der Waals surface area contributed by atoms with E-state index < -0.39 is 5.97 Å². The first kappa shape index (κ1) is 18.0. The summed E-state index contributed by atoms with van der Waals surface area (Å²) in [6.45, 7) is 0. The van der Waals surface area contributed by atoms with Crippen LogP contribution in [0.25, 0.3) is 0 Å². The van der Waals surface area contributed by atoms with E-state index in [0.717, 1.165) is 5.69 Å². The number of nitrogens with zero attached hydrogens (tertiary/aromatic N) is 2. The molecule has 3 aromatic rings. The Hall–Kier alpha value is -2.83. The van der Waals surface area contributed by atoms with Crippen LogP contribution in [0.3, 0.4) is 0 Å². The second kappa shape index (κ2) is 8.03. The Balaban J connectivity index is 1.77. The molecule has 6 nitrogen and oxygen atoms in total. The van der Waals surface area contributed by atoms with Crippen molar-refractivity contribution in [3.8, 4) is 0 Å². The maximum absolute atomic E-state index is 11.6. The number of methoxy groups -OCH3 is 1. The molecule has 0 aliphatic rings. The number of ether oxygens (including phenoxy) is 1. The standard InChI is InChI=1S/C18H14Cl2N4O2/c1-26-17(25)11-3-2-4-12(9-11)23-18-21-8-7-16(24-18)22-13-5-6-14(19)15(20)10-13/h2-10H,1H3,(H2,21,22,23,24). The quantitative estimate of drug-likeness (QED) is 0.595. The van der Waals surface area contributed by atoms with Crippen molar-refractivity contribution in [3.05, 3.63) is 70.3 Å². The van der Waals surface area contributed by atoms with Gasteiger partial charge < -0.3 is 15.4 Å². The molecule has 0 saturated carbocycles. The van der Waals surface area contributed by atoms with Crippen molar-refractivity contribution in [2.75, 3.05) is 17.7 Å². The van der Waals surface area contributed by atoms with Gasteiger partial charge in [0.2, 0.25) is 5.95 Å². The monoisotopic (exact) mass is 388 g/mol. The van der Waals surface area contributed by atoms with Crippen LogP contribution in [0.2, 0.25) is 10.0 Å². The number of hydrogen-bond donors (Lipinski definition) is 2. The Kier molecular flexibility index (Phi) is 5.55. The molecule has 0 amide bonds. The molecule has 0 bridgehead atoms. The number of aromatic nitrogens is 2. The molecule has 2 N–H and O–H groups in total. The van der Waals surface area contributed by atoms with Crippen LogP contribution in [0.1, 0.15) is 10.4 Å². The van der Waals surface area contributed by atoms with Crippen LogP contribution in [-0.4, -0.2) is 23.0 Å². The zero-order valence-electron chi connectivity index (χ0n) is 13.7. The van der Waals surface area contributed by atoms with Gasteiger partial charge in [-0.2, -0.15) is 4.98 Å². The van der Waals surface area contributed by atoms with Crippen molar-refractivity contribution in [2.24, 2.45) is 0 Å². The van der Waals surface area contributed by atoms with E-state index in [4.69, 9.17) is 27.9 Å². The third kappa shape index (κ3) is 4.41. The Bertz CT molecular complexity index is 950. The van der Waals surface area contributed by atoms with Crippen molar-refractivity contribution < 1.29 is 9.53 Å². The molecule has 0 atom stereocenters. The maximum atomic E-state index is 11.6. The highest BCUT2D eigenvalue weighted by Gasteiger charge is 2.07. The second-order valence-electron chi connectivity index (χ2n) is 5.22. The number of carbonyl (C=O) groups is 1. The lowest BCUT2D eigenvalue weighted by Gasteiger charge is -2.09. The third-order valence-corrected chi connectivity index (χ3v) is 4.13. The molecule has 26 heavy (non-hydrogen) atoms. The maximum Gasteiger partial charge on any atom is 0.337 e. The van der Waals surface area contributed by atoms with Crippen molar-refractivity contribution in [3.63, 3.8) is 0 Å². The van der Waals surface area contributed by atoms with Gasteiger partial charge in [0.05, 0.1) is 22.7 Å². The molecule has 0 aliphatic carbocycles. The van der Waals surface area contributed by atoms with Gasteiger partial charge in [-0.1, -0.05) is 29.3 Å². The molecule has 132 valence electrons. The molecule has 0 radical (unpaired) electrons. The van der Waals surface area contributed by atoms with Gasteiger partial charge in [0.15, 0.2) is 0 Å². The highest BCUT2D eigenvalue weighted by Crippen LogP contribution is 2.26. The number of nitrogens with one attached hydrogen (secondary N) is 2. The molecule has 1 aromatic heterocycles. The molecule has 0 aliphatic heterocycles. The van der Waals surface area contributed by atoms with Gasteiger partial charge in [-0.25, -0.2) is 9.78 Å². The van der Waals surface area contributed by atoms with Crippen LogP contribution in [-0.2, 0) is 4.74 Å². The summed E-state index contributed by atoms with van der Waals surface area (Å²) in [7, 11) is 1.34. The summed E-state index contributed by atoms with van der Waals surface area (Å²) in [5.41, 5.74) is 1.85. The van der Waals surface area contributed by atoms with Gasteiger partial charge in [-0.3, -0.25) is 0 Å². The number of rotatable bonds is 5. The van der Waals surface area contributed by atoms with E-state index in [2.05, 4.69) is 20.6 Å².